The first kappa shape index (κ1) is 19.0. The molecule has 0 bridgehead atoms. The third kappa shape index (κ3) is 8.00. The summed E-state index contributed by atoms with van der Waals surface area (Å²) >= 11 is 0. The van der Waals surface area contributed by atoms with E-state index >= 15 is 0 Å². The van der Waals surface area contributed by atoms with Crippen molar-refractivity contribution in [2.75, 3.05) is 0 Å². The van der Waals surface area contributed by atoms with Gasteiger partial charge in [0, 0.05) is 0 Å². The van der Waals surface area contributed by atoms with Crippen molar-refractivity contribution in [2.45, 2.75) is 93.4 Å². The Bertz CT molecular complexity index is 194. The summed E-state index contributed by atoms with van der Waals surface area (Å²) in [6.45, 7) is 16.8. The molecule has 0 aliphatic heterocycles. The van der Waals surface area contributed by atoms with E-state index in [-0.39, 0.29) is 0 Å². The largest absolute Gasteiger partial charge is 0.0654 e. The quantitative estimate of drug-likeness (QED) is 0.381. The summed E-state index contributed by atoms with van der Waals surface area (Å²) in [6, 6.07) is 0. The van der Waals surface area contributed by atoms with Gasteiger partial charge in [0.25, 0.3) is 0 Å². The Morgan fingerprint density at radius 1 is 0.684 bits per heavy atom. The normalized spacial score (nSPS) is 18.3. The van der Waals surface area contributed by atoms with Crippen LogP contribution in [0.3, 0.4) is 0 Å². The van der Waals surface area contributed by atoms with E-state index in [1.165, 1.54) is 44.9 Å². The standard InChI is InChI=1S/C19H40/c1-8-11-17(7)14-18(10-3)19(15(4)5)13-12-16(6)9-2/h15-19H,8-14H2,1-7H3. The molecule has 0 aromatic rings. The number of hydrogen-bond donors (Lipinski definition) is 0. The molecule has 116 valence electrons. The first-order chi connectivity index (χ1) is 8.96. The predicted octanol–water partition coefficient (Wildman–Crippen LogP) is 6.94. The van der Waals surface area contributed by atoms with Crippen molar-refractivity contribution in [3.05, 3.63) is 0 Å². The van der Waals surface area contributed by atoms with Gasteiger partial charge in [0.05, 0.1) is 0 Å². The average molecular weight is 269 g/mol. The van der Waals surface area contributed by atoms with E-state index in [9.17, 15) is 0 Å². The molecular weight excluding hydrogens is 228 g/mol. The van der Waals surface area contributed by atoms with E-state index in [4.69, 9.17) is 0 Å². The fraction of sp³-hybridized carbons (Fsp3) is 1.00. The summed E-state index contributed by atoms with van der Waals surface area (Å²) in [6.07, 6.45) is 9.80. The van der Waals surface area contributed by atoms with Crippen LogP contribution < -0.4 is 0 Å². The zero-order valence-corrected chi connectivity index (χ0v) is 14.8. The van der Waals surface area contributed by atoms with Gasteiger partial charge in [-0.3, -0.25) is 0 Å². The molecule has 0 fully saturated rings. The van der Waals surface area contributed by atoms with Gasteiger partial charge in [0.2, 0.25) is 0 Å². The van der Waals surface area contributed by atoms with Crippen LogP contribution in [0.2, 0.25) is 0 Å². The maximum absolute atomic E-state index is 2.46. The molecule has 0 N–H and O–H groups in total. The lowest BCUT2D eigenvalue weighted by Crippen LogP contribution is -2.22. The first-order valence-corrected chi connectivity index (χ1v) is 8.96. The van der Waals surface area contributed by atoms with E-state index in [2.05, 4.69) is 48.5 Å². The van der Waals surface area contributed by atoms with Crippen molar-refractivity contribution in [3.63, 3.8) is 0 Å². The van der Waals surface area contributed by atoms with Gasteiger partial charge in [-0.05, 0) is 42.4 Å². The monoisotopic (exact) mass is 268 g/mol. The minimum Gasteiger partial charge on any atom is -0.0654 e. The molecular formula is C19H40. The summed E-state index contributed by atoms with van der Waals surface area (Å²) in [5, 5.41) is 0. The molecule has 0 spiro atoms. The Morgan fingerprint density at radius 3 is 1.74 bits per heavy atom. The smallest absolute Gasteiger partial charge is 0.0363 e. The summed E-state index contributed by atoms with van der Waals surface area (Å²) in [7, 11) is 0. The average Bonchev–Trinajstić information content (AvgIpc) is 2.36. The van der Waals surface area contributed by atoms with Crippen LogP contribution >= 0.6 is 0 Å². The molecule has 0 radical (unpaired) electrons. The lowest BCUT2D eigenvalue weighted by molar-refractivity contribution is 0.183. The van der Waals surface area contributed by atoms with Gasteiger partial charge in [-0.25, -0.2) is 0 Å². The van der Waals surface area contributed by atoms with Crippen LogP contribution in [0.4, 0.5) is 0 Å². The number of hydrogen-bond acceptors (Lipinski definition) is 0. The molecule has 0 aromatic heterocycles. The van der Waals surface area contributed by atoms with Gasteiger partial charge >= 0.3 is 0 Å². The van der Waals surface area contributed by atoms with Gasteiger partial charge in [0.1, 0.15) is 0 Å². The molecule has 0 nitrogen and oxygen atoms in total. The molecule has 0 saturated heterocycles. The molecule has 0 aromatic carbocycles. The highest BCUT2D eigenvalue weighted by atomic mass is 14.3. The van der Waals surface area contributed by atoms with Crippen LogP contribution in [0.25, 0.3) is 0 Å². The maximum atomic E-state index is 2.46. The minimum atomic E-state index is 0.850. The molecule has 0 heteroatoms. The van der Waals surface area contributed by atoms with Gasteiger partial charge in [-0.2, -0.15) is 0 Å². The Balaban J connectivity index is 4.44. The molecule has 0 amide bonds. The highest BCUT2D eigenvalue weighted by molar-refractivity contribution is 4.75. The SMILES string of the molecule is CCCC(C)CC(CC)C(CCC(C)CC)C(C)C. The van der Waals surface area contributed by atoms with E-state index in [0.29, 0.717) is 0 Å². The summed E-state index contributed by atoms with van der Waals surface area (Å²) in [5.41, 5.74) is 0. The zero-order valence-electron chi connectivity index (χ0n) is 14.8. The fourth-order valence-electron chi connectivity index (χ4n) is 3.57. The van der Waals surface area contributed by atoms with Gasteiger partial charge < -0.3 is 0 Å². The molecule has 0 saturated carbocycles. The van der Waals surface area contributed by atoms with Gasteiger partial charge in [-0.15, -0.1) is 0 Å². The van der Waals surface area contributed by atoms with Crippen molar-refractivity contribution in [1.29, 1.82) is 0 Å². The van der Waals surface area contributed by atoms with Crippen LogP contribution in [-0.4, -0.2) is 0 Å². The van der Waals surface area contributed by atoms with Crippen molar-refractivity contribution in [3.8, 4) is 0 Å². The minimum absolute atomic E-state index is 0.850. The van der Waals surface area contributed by atoms with E-state index in [1.807, 2.05) is 0 Å². The molecule has 0 aliphatic rings. The van der Waals surface area contributed by atoms with Gasteiger partial charge in [0.15, 0.2) is 0 Å². The van der Waals surface area contributed by atoms with Crippen LogP contribution in [0, 0.1) is 29.6 Å². The molecule has 0 heterocycles. The Kier molecular flexibility index (Phi) is 10.7. The summed E-state index contributed by atoms with van der Waals surface area (Å²) in [5.74, 6) is 4.57. The van der Waals surface area contributed by atoms with Crippen LogP contribution in [-0.2, 0) is 0 Å². The predicted molar refractivity (Wildman–Crippen MR) is 89.5 cm³/mol. The van der Waals surface area contributed by atoms with Crippen molar-refractivity contribution >= 4 is 0 Å². The van der Waals surface area contributed by atoms with E-state index in [0.717, 1.165) is 29.6 Å². The van der Waals surface area contributed by atoms with E-state index in [1.54, 1.807) is 0 Å². The molecule has 0 aliphatic carbocycles. The molecule has 4 atom stereocenters. The second-order valence-corrected chi connectivity index (χ2v) is 7.30. The maximum Gasteiger partial charge on any atom is -0.0363 e. The van der Waals surface area contributed by atoms with Crippen molar-refractivity contribution in [1.82, 2.24) is 0 Å². The third-order valence-electron chi connectivity index (χ3n) is 5.16. The second kappa shape index (κ2) is 10.7. The summed E-state index contributed by atoms with van der Waals surface area (Å²) < 4.78 is 0. The topological polar surface area (TPSA) is 0 Å². The van der Waals surface area contributed by atoms with Crippen LogP contribution in [0.15, 0.2) is 0 Å². The molecule has 4 unspecified atom stereocenters. The molecule has 0 rings (SSSR count). The van der Waals surface area contributed by atoms with Crippen LogP contribution in [0.1, 0.15) is 93.4 Å². The lowest BCUT2D eigenvalue weighted by atomic mass is 9.73. The third-order valence-corrected chi connectivity index (χ3v) is 5.16. The highest BCUT2D eigenvalue weighted by Gasteiger charge is 2.24. The Hall–Kier alpha value is 0. The fourth-order valence-corrected chi connectivity index (χ4v) is 3.57. The number of rotatable bonds is 11. The zero-order chi connectivity index (χ0) is 14.8. The second-order valence-electron chi connectivity index (χ2n) is 7.30. The first-order valence-electron chi connectivity index (χ1n) is 8.96. The van der Waals surface area contributed by atoms with Crippen molar-refractivity contribution < 1.29 is 0 Å². The lowest BCUT2D eigenvalue weighted by Gasteiger charge is -2.32. The molecule has 19 heavy (non-hydrogen) atoms. The highest BCUT2D eigenvalue weighted by Crippen LogP contribution is 2.35. The summed E-state index contributed by atoms with van der Waals surface area (Å²) in [4.78, 5) is 0. The Labute approximate surface area is 123 Å². The Morgan fingerprint density at radius 2 is 1.32 bits per heavy atom. The van der Waals surface area contributed by atoms with E-state index < -0.39 is 0 Å². The van der Waals surface area contributed by atoms with Crippen molar-refractivity contribution in [2.24, 2.45) is 29.6 Å². The van der Waals surface area contributed by atoms with Gasteiger partial charge in [-0.1, -0.05) is 80.6 Å². The van der Waals surface area contributed by atoms with Crippen LogP contribution in [0.5, 0.6) is 0 Å².